The Kier molecular flexibility index (Phi) is 15.4. The van der Waals surface area contributed by atoms with Crippen LogP contribution in [-0.2, 0) is 4.74 Å². The maximum Gasteiger partial charge on any atom is 0.410 e. The molecule has 140 valence electrons. The topological polar surface area (TPSA) is 49.8 Å². The van der Waals surface area contributed by atoms with E-state index in [1.54, 1.807) is 11.0 Å². The van der Waals surface area contributed by atoms with Crippen molar-refractivity contribution in [1.82, 2.24) is 4.90 Å². The first-order chi connectivity index (χ1) is 11.3. The van der Waals surface area contributed by atoms with Crippen LogP contribution in [0.5, 0.6) is 0 Å². The van der Waals surface area contributed by atoms with Gasteiger partial charge in [0, 0.05) is 13.1 Å². The number of aliphatic hydroxyl groups excluding tert-OH is 1. The van der Waals surface area contributed by atoms with E-state index < -0.39 is 11.7 Å². The second kappa shape index (κ2) is 15.0. The molecular formula is C20H37NO3. The van der Waals surface area contributed by atoms with Gasteiger partial charge in [0.15, 0.2) is 0 Å². The summed E-state index contributed by atoms with van der Waals surface area (Å²) in [5, 5.41) is 9.56. The van der Waals surface area contributed by atoms with Crippen molar-refractivity contribution in [3.8, 4) is 0 Å². The van der Waals surface area contributed by atoms with E-state index in [1.807, 2.05) is 65.8 Å². The molecule has 1 fully saturated rings. The lowest BCUT2D eigenvalue weighted by Gasteiger charge is -2.27. The third kappa shape index (κ3) is 15.3. The van der Waals surface area contributed by atoms with Crippen molar-refractivity contribution >= 4 is 6.09 Å². The summed E-state index contributed by atoms with van der Waals surface area (Å²) < 4.78 is 5.26. The van der Waals surface area contributed by atoms with E-state index in [0.29, 0.717) is 13.1 Å². The van der Waals surface area contributed by atoms with Gasteiger partial charge in [-0.25, -0.2) is 4.79 Å². The molecule has 1 aliphatic rings. The Morgan fingerprint density at radius 2 is 1.83 bits per heavy atom. The van der Waals surface area contributed by atoms with Gasteiger partial charge in [0.05, 0.1) is 6.10 Å². The third-order valence-corrected chi connectivity index (χ3v) is 2.85. The molecule has 1 heterocycles. The zero-order valence-corrected chi connectivity index (χ0v) is 16.4. The molecule has 0 saturated carbocycles. The number of aliphatic hydroxyl groups is 1. The molecule has 0 radical (unpaired) electrons. The van der Waals surface area contributed by atoms with Crippen LogP contribution in [-0.4, -0.2) is 40.9 Å². The molecule has 0 aromatic carbocycles. The van der Waals surface area contributed by atoms with Crippen molar-refractivity contribution in [3.63, 3.8) is 0 Å². The van der Waals surface area contributed by atoms with E-state index in [-0.39, 0.29) is 6.09 Å². The lowest BCUT2D eigenvalue weighted by molar-refractivity contribution is 0.0173. The highest BCUT2D eigenvalue weighted by molar-refractivity contribution is 5.68. The molecule has 1 rings (SSSR count). The van der Waals surface area contributed by atoms with E-state index in [0.717, 1.165) is 19.3 Å². The fourth-order valence-electron chi connectivity index (χ4n) is 1.87. The van der Waals surface area contributed by atoms with Gasteiger partial charge in [-0.3, -0.25) is 0 Å². The molecule has 1 N–H and O–H groups in total. The molecule has 4 heteroatoms. The number of β-amino-alcohol motifs (C(OH)–C–C–N with tert-alkyl or cyclic N) is 1. The van der Waals surface area contributed by atoms with Crippen molar-refractivity contribution in [2.24, 2.45) is 0 Å². The van der Waals surface area contributed by atoms with E-state index in [4.69, 9.17) is 4.74 Å². The quantitative estimate of drug-likeness (QED) is 0.712. The standard InChI is InChI=1S/C11H21NO3.C7H10.C2H6/c1-11(2,3)15-10(14)12-7-5-4-6-9(13)8-12;1-3-5-7-6-4-2;1-2/h9,13H,4-8H2,1-3H3;3-7H,1H2,2H3;1-2H3/b;6-4-,7-5-;. The van der Waals surface area contributed by atoms with Crippen molar-refractivity contribution in [2.45, 2.75) is 72.5 Å². The molecule has 4 nitrogen and oxygen atoms in total. The summed E-state index contributed by atoms with van der Waals surface area (Å²) in [6.45, 7) is 16.1. The first-order valence-electron chi connectivity index (χ1n) is 8.86. The van der Waals surface area contributed by atoms with Gasteiger partial charge in [-0.2, -0.15) is 0 Å². The number of hydrogen-bond acceptors (Lipinski definition) is 3. The summed E-state index contributed by atoms with van der Waals surface area (Å²) >= 11 is 0. The third-order valence-electron chi connectivity index (χ3n) is 2.85. The van der Waals surface area contributed by atoms with Crippen LogP contribution in [0.3, 0.4) is 0 Å². The Balaban J connectivity index is 0. The number of hydrogen-bond donors (Lipinski definition) is 1. The van der Waals surface area contributed by atoms with Crippen molar-refractivity contribution in [2.75, 3.05) is 13.1 Å². The molecule has 1 atom stereocenters. The monoisotopic (exact) mass is 339 g/mol. The lowest BCUT2D eigenvalue weighted by Crippen LogP contribution is -2.40. The summed E-state index contributed by atoms with van der Waals surface area (Å²) in [6.07, 6.45) is 11.5. The second-order valence-corrected chi connectivity index (χ2v) is 6.22. The zero-order chi connectivity index (χ0) is 19.0. The maximum atomic E-state index is 11.7. The fraction of sp³-hybridized carbons (Fsp3) is 0.650. The number of amides is 1. The van der Waals surface area contributed by atoms with Crippen LogP contribution < -0.4 is 0 Å². The summed E-state index contributed by atoms with van der Waals surface area (Å²) in [7, 11) is 0. The number of rotatable bonds is 2. The van der Waals surface area contributed by atoms with Crippen LogP contribution in [0.2, 0.25) is 0 Å². The van der Waals surface area contributed by atoms with Gasteiger partial charge in [-0.1, -0.05) is 50.8 Å². The average Bonchev–Trinajstić information content (AvgIpc) is 2.74. The van der Waals surface area contributed by atoms with Gasteiger partial charge < -0.3 is 14.7 Å². The molecule has 0 bridgehead atoms. The number of nitrogens with zero attached hydrogens (tertiary/aromatic N) is 1. The van der Waals surface area contributed by atoms with Crippen molar-refractivity contribution in [1.29, 1.82) is 0 Å². The van der Waals surface area contributed by atoms with E-state index >= 15 is 0 Å². The molecule has 24 heavy (non-hydrogen) atoms. The Hall–Kier alpha value is -1.55. The van der Waals surface area contributed by atoms with Gasteiger partial charge in [0.2, 0.25) is 0 Å². The summed E-state index contributed by atoms with van der Waals surface area (Å²) in [5.74, 6) is 0. The van der Waals surface area contributed by atoms with Gasteiger partial charge in [-0.05, 0) is 47.0 Å². The zero-order valence-electron chi connectivity index (χ0n) is 16.4. The molecule has 1 aliphatic heterocycles. The highest BCUT2D eigenvalue weighted by Gasteiger charge is 2.25. The molecule has 1 amide bonds. The van der Waals surface area contributed by atoms with E-state index in [1.165, 1.54) is 0 Å². The molecule has 0 aromatic rings. The molecule has 0 aliphatic carbocycles. The minimum atomic E-state index is -0.464. The van der Waals surface area contributed by atoms with Gasteiger partial charge in [-0.15, -0.1) is 0 Å². The predicted molar refractivity (Wildman–Crippen MR) is 103 cm³/mol. The molecular weight excluding hydrogens is 302 g/mol. The highest BCUT2D eigenvalue weighted by atomic mass is 16.6. The normalized spacial score (nSPS) is 18.1. The van der Waals surface area contributed by atoms with Gasteiger partial charge in [0.1, 0.15) is 5.60 Å². The number of ether oxygens (including phenoxy) is 1. The van der Waals surface area contributed by atoms with Crippen LogP contribution in [0.1, 0.15) is 60.8 Å². The minimum absolute atomic E-state index is 0.316. The molecule has 0 aromatic heterocycles. The van der Waals surface area contributed by atoms with E-state index in [2.05, 4.69) is 6.58 Å². The smallest absolute Gasteiger partial charge is 0.410 e. The van der Waals surface area contributed by atoms with Gasteiger partial charge in [0.25, 0.3) is 0 Å². The summed E-state index contributed by atoms with van der Waals surface area (Å²) in [6, 6.07) is 0. The van der Waals surface area contributed by atoms with Crippen LogP contribution in [0, 0.1) is 0 Å². The Labute approximate surface area is 148 Å². The van der Waals surface area contributed by atoms with Crippen LogP contribution in [0.4, 0.5) is 4.79 Å². The van der Waals surface area contributed by atoms with Crippen molar-refractivity contribution in [3.05, 3.63) is 37.0 Å². The number of allylic oxidation sites excluding steroid dienone is 5. The van der Waals surface area contributed by atoms with Crippen LogP contribution in [0.15, 0.2) is 37.0 Å². The summed E-state index contributed by atoms with van der Waals surface area (Å²) in [5.41, 5.74) is -0.464. The maximum absolute atomic E-state index is 11.7. The Bertz CT molecular complexity index is 381. The number of carbonyl (C=O) groups is 1. The van der Waals surface area contributed by atoms with Crippen LogP contribution in [0.25, 0.3) is 0 Å². The summed E-state index contributed by atoms with van der Waals surface area (Å²) in [4.78, 5) is 13.3. The number of likely N-dealkylation sites (tertiary alicyclic amines) is 1. The van der Waals surface area contributed by atoms with Crippen LogP contribution >= 0.6 is 0 Å². The Morgan fingerprint density at radius 1 is 1.21 bits per heavy atom. The van der Waals surface area contributed by atoms with E-state index in [9.17, 15) is 9.90 Å². The Morgan fingerprint density at radius 3 is 2.33 bits per heavy atom. The first kappa shape index (κ1) is 24.7. The van der Waals surface area contributed by atoms with Gasteiger partial charge >= 0.3 is 6.09 Å². The van der Waals surface area contributed by atoms with Crippen molar-refractivity contribution < 1.29 is 14.6 Å². The second-order valence-electron chi connectivity index (χ2n) is 6.22. The molecule has 0 spiro atoms. The largest absolute Gasteiger partial charge is 0.444 e. The SMILES string of the molecule is C=C/C=C\C=C/C.CC.CC(C)(C)OC(=O)N1CCCCC(O)C1. The highest BCUT2D eigenvalue weighted by Crippen LogP contribution is 2.15. The lowest BCUT2D eigenvalue weighted by atomic mass is 10.2. The predicted octanol–water partition coefficient (Wildman–Crippen LogP) is 5.10. The average molecular weight is 340 g/mol. The molecule has 1 saturated heterocycles. The fourth-order valence-corrected chi connectivity index (χ4v) is 1.87. The first-order valence-corrected chi connectivity index (χ1v) is 8.86. The number of carbonyl (C=O) groups excluding carboxylic acids is 1. The minimum Gasteiger partial charge on any atom is -0.444 e. The molecule has 1 unspecified atom stereocenters.